The fourth-order valence-electron chi connectivity index (χ4n) is 4.07. The molecule has 0 heterocycles. The number of aryl methyl sites for hydroxylation is 1. The average Bonchev–Trinajstić information content (AvgIpc) is 2.85. The maximum Gasteiger partial charge on any atom is 0.242 e. The number of hydrogen-bond donors (Lipinski definition) is 1. The van der Waals surface area contributed by atoms with Gasteiger partial charge in [0, 0.05) is 26.1 Å². The lowest BCUT2D eigenvalue weighted by Crippen LogP contribution is -2.49. The third-order valence-electron chi connectivity index (χ3n) is 6.11. The van der Waals surface area contributed by atoms with Gasteiger partial charge in [0.2, 0.25) is 21.8 Å². The molecule has 0 radical (unpaired) electrons. The van der Waals surface area contributed by atoms with Crippen molar-refractivity contribution in [3.8, 4) is 5.75 Å². The van der Waals surface area contributed by atoms with E-state index in [2.05, 4.69) is 5.32 Å². The molecule has 0 saturated heterocycles. The van der Waals surface area contributed by atoms with Crippen LogP contribution < -0.4 is 14.4 Å². The summed E-state index contributed by atoms with van der Waals surface area (Å²) in [6.45, 7) is 6.75. The lowest BCUT2D eigenvalue weighted by Gasteiger charge is -2.31. The van der Waals surface area contributed by atoms with E-state index in [0.29, 0.717) is 30.9 Å². The number of anilines is 1. The van der Waals surface area contributed by atoms with Crippen LogP contribution in [0.2, 0.25) is 5.02 Å². The van der Waals surface area contributed by atoms with E-state index in [9.17, 15) is 18.0 Å². The summed E-state index contributed by atoms with van der Waals surface area (Å²) >= 11 is 6.21. The maximum absolute atomic E-state index is 13.5. The molecule has 1 N–H and O–H groups in total. The molecule has 37 heavy (non-hydrogen) atoms. The smallest absolute Gasteiger partial charge is 0.242 e. The van der Waals surface area contributed by atoms with Crippen LogP contribution in [0.1, 0.15) is 50.7 Å². The van der Waals surface area contributed by atoms with Gasteiger partial charge in [-0.1, -0.05) is 49.7 Å². The van der Waals surface area contributed by atoms with Crippen LogP contribution in [0.5, 0.6) is 5.75 Å². The summed E-state index contributed by atoms with van der Waals surface area (Å²) in [5.74, 6) is 0.0488. The van der Waals surface area contributed by atoms with E-state index < -0.39 is 16.1 Å². The van der Waals surface area contributed by atoms with E-state index in [-0.39, 0.29) is 36.2 Å². The first-order valence-corrected chi connectivity index (χ1v) is 14.7. The van der Waals surface area contributed by atoms with Crippen LogP contribution in [0.4, 0.5) is 5.69 Å². The van der Waals surface area contributed by atoms with Crippen molar-refractivity contribution in [2.24, 2.45) is 0 Å². The van der Waals surface area contributed by atoms with Gasteiger partial charge in [0.05, 0.1) is 24.1 Å². The third kappa shape index (κ3) is 8.64. The number of hydrogen-bond acceptors (Lipinski definition) is 5. The molecule has 2 rings (SSSR count). The van der Waals surface area contributed by atoms with Crippen LogP contribution in [-0.2, 0) is 26.2 Å². The van der Waals surface area contributed by atoms with E-state index in [1.807, 2.05) is 45.0 Å². The summed E-state index contributed by atoms with van der Waals surface area (Å²) in [7, 11) is -2.14. The molecule has 0 aliphatic carbocycles. The Labute approximate surface area is 226 Å². The first-order chi connectivity index (χ1) is 17.5. The summed E-state index contributed by atoms with van der Waals surface area (Å²) < 4.78 is 31.4. The van der Waals surface area contributed by atoms with Gasteiger partial charge in [-0.05, 0) is 55.5 Å². The molecular formula is C27H38ClN3O5S. The van der Waals surface area contributed by atoms with Crippen LogP contribution in [0.3, 0.4) is 0 Å². The summed E-state index contributed by atoms with van der Waals surface area (Å²) in [6, 6.07) is 11.9. The predicted molar refractivity (Wildman–Crippen MR) is 149 cm³/mol. The standard InChI is InChI=1S/C27H38ClN3O5S/c1-6-16-29-27(33)24(7-2)30(19-21-12-9-8-11-20(21)3)26(32)13-10-17-31(37(5,34)35)22-14-15-25(36-4)23(28)18-22/h8-9,11-12,14-15,18,24H,6-7,10,13,16-17,19H2,1-5H3,(H,29,33). The van der Waals surface area contributed by atoms with Gasteiger partial charge in [0.25, 0.3) is 0 Å². The van der Waals surface area contributed by atoms with Gasteiger partial charge in [-0.2, -0.15) is 0 Å². The minimum atomic E-state index is -3.63. The summed E-state index contributed by atoms with van der Waals surface area (Å²) in [5, 5.41) is 3.20. The Morgan fingerprint density at radius 3 is 2.41 bits per heavy atom. The van der Waals surface area contributed by atoms with E-state index >= 15 is 0 Å². The number of carbonyl (C=O) groups is 2. The zero-order valence-electron chi connectivity index (χ0n) is 22.3. The van der Waals surface area contributed by atoms with Gasteiger partial charge in [-0.3, -0.25) is 13.9 Å². The second-order valence-corrected chi connectivity index (χ2v) is 11.2. The zero-order chi connectivity index (χ0) is 27.6. The van der Waals surface area contributed by atoms with Crippen molar-refractivity contribution in [3.63, 3.8) is 0 Å². The first kappa shape index (κ1) is 30.4. The number of nitrogens with zero attached hydrogens (tertiary/aromatic N) is 2. The number of amides is 2. The molecule has 8 nitrogen and oxygen atoms in total. The molecule has 1 atom stereocenters. The van der Waals surface area contributed by atoms with Crippen LogP contribution in [-0.4, -0.2) is 57.6 Å². The van der Waals surface area contributed by atoms with Crippen LogP contribution in [0.25, 0.3) is 0 Å². The van der Waals surface area contributed by atoms with Crippen LogP contribution in [0.15, 0.2) is 42.5 Å². The number of halogens is 1. The molecule has 2 amide bonds. The molecule has 2 aromatic rings. The molecule has 2 aromatic carbocycles. The fourth-order valence-corrected chi connectivity index (χ4v) is 5.28. The Bertz CT molecular complexity index is 1170. The topological polar surface area (TPSA) is 96.0 Å². The van der Waals surface area contributed by atoms with Crippen molar-refractivity contribution in [1.82, 2.24) is 10.2 Å². The molecule has 1 unspecified atom stereocenters. The molecule has 0 saturated carbocycles. The molecule has 0 aromatic heterocycles. The van der Waals surface area contributed by atoms with Gasteiger partial charge in [-0.25, -0.2) is 8.42 Å². The predicted octanol–water partition coefficient (Wildman–Crippen LogP) is 4.54. The molecule has 10 heteroatoms. The van der Waals surface area contributed by atoms with Crippen molar-refractivity contribution in [3.05, 3.63) is 58.6 Å². The molecule has 0 aliphatic rings. The number of carbonyl (C=O) groups excluding carboxylic acids is 2. The molecule has 0 fully saturated rings. The summed E-state index contributed by atoms with van der Waals surface area (Å²) in [4.78, 5) is 28.0. The Hall–Kier alpha value is -2.78. The van der Waals surface area contributed by atoms with Crippen molar-refractivity contribution < 1.29 is 22.7 Å². The van der Waals surface area contributed by atoms with Crippen LogP contribution in [0, 0.1) is 6.92 Å². The molecule has 0 aliphatic heterocycles. The van der Waals surface area contributed by atoms with Crippen molar-refractivity contribution in [2.45, 2.75) is 59.0 Å². The van der Waals surface area contributed by atoms with Crippen molar-refractivity contribution >= 4 is 39.1 Å². The summed E-state index contributed by atoms with van der Waals surface area (Å²) in [6.07, 6.45) is 2.73. The molecule has 204 valence electrons. The van der Waals surface area contributed by atoms with E-state index in [4.69, 9.17) is 16.3 Å². The van der Waals surface area contributed by atoms with Gasteiger partial charge in [0.1, 0.15) is 11.8 Å². The summed E-state index contributed by atoms with van der Waals surface area (Å²) in [5.41, 5.74) is 2.38. The Kier molecular flexibility index (Phi) is 11.7. The maximum atomic E-state index is 13.5. The fraction of sp³-hybridized carbons (Fsp3) is 0.481. The number of methoxy groups -OCH3 is 1. The van der Waals surface area contributed by atoms with Crippen molar-refractivity contribution in [2.75, 3.05) is 30.8 Å². The highest BCUT2D eigenvalue weighted by Crippen LogP contribution is 2.30. The Morgan fingerprint density at radius 2 is 1.84 bits per heavy atom. The van der Waals surface area contributed by atoms with E-state index in [0.717, 1.165) is 23.8 Å². The van der Waals surface area contributed by atoms with Gasteiger partial charge >= 0.3 is 0 Å². The Balaban J connectivity index is 2.23. The highest BCUT2D eigenvalue weighted by atomic mass is 35.5. The van der Waals surface area contributed by atoms with Gasteiger partial charge in [0.15, 0.2) is 0 Å². The van der Waals surface area contributed by atoms with Crippen molar-refractivity contribution in [1.29, 1.82) is 0 Å². The largest absolute Gasteiger partial charge is 0.495 e. The third-order valence-corrected chi connectivity index (χ3v) is 7.60. The van der Waals surface area contributed by atoms with Gasteiger partial charge < -0.3 is 15.0 Å². The number of rotatable bonds is 14. The minimum absolute atomic E-state index is 0.0827. The number of benzene rings is 2. The second kappa shape index (κ2) is 14.2. The highest BCUT2D eigenvalue weighted by molar-refractivity contribution is 7.92. The minimum Gasteiger partial charge on any atom is -0.495 e. The van der Waals surface area contributed by atoms with Gasteiger partial charge in [-0.15, -0.1) is 0 Å². The number of nitrogens with one attached hydrogen (secondary N) is 1. The lowest BCUT2D eigenvalue weighted by molar-refractivity contribution is -0.141. The quantitative estimate of drug-likeness (QED) is 0.372. The van der Waals surface area contributed by atoms with Crippen LogP contribution >= 0.6 is 11.6 Å². The van der Waals surface area contributed by atoms with E-state index in [1.165, 1.54) is 17.5 Å². The second-order valence-electron chi connectivity index (χ2n) is 8.92. The number of ether oxygens (including phenoxy) is 1. The molecule has 0 bridgehead atoms. The SMILES string of the molecule is CCCNC(=O)C(CC)N(Cc1ccccc1C)C(=O)CCCN(c1ccc(OC)c(Cl)c1)S(C)(=O)=O. The lowest BCUT2D eigenvalue weighted by atomic mass is 10.1. The normalized spacial score (nSPS) is 12.1. The Morgan fingerprint density at radius 1 is 1.14 bits per heavy atom. The zero-order valence-corrected chi connectivity index (χ0v) is 23.9. The average molecular weight is 552 g/mol. The number of sulfonamides is 1. The van der Waals surface area contributed by atoms with E-state index in [1.54, 1.807) is 17.0 Å². The monoisotopic (exact) mass is 551 g/mol. The molecule has 0 spiro atoms. The first-order valence-electron chi connectivity index (χ1n) is 12.5. The highest BCUT2D eigenvalue weighted by Gasteiger charge is 2.29. The molecular weight excluding hydrogens is 514 g/mol.